The summed E-state index contributed by atoms with van der Waals surface area (Å²) in [6, 6.07) is 3.44. The molecule has 0 spiro atoms. The zero-order valence-corrected chi connectivity index (χ0v) is 17.9. The van der Waals surface area contributed by atoms with E-state index >= 15 is 0 Å². The molecule has 0 aliphatic heterocycles. The number of thiazole rings is 1. The number of benzene rings is 1. The van der Waals surface area contributed by atoms with Crippen LogP contribution in [0.3, 0.4) is 0 Å². The van der Waals surface area contributed by atoms with Crippen molar-refractivity contribution in [2.45, 2.75) is 19.9 Å². The number of hydrogen-bond donors (Lipinski definition) is 3. The van der Waals surface area contributed by atoms with E-state index < -0.39 is 5.91 Å². The largest absolute Gasteiger partial charge is 0.496 e. The first-order valence-corrected chi connectivity index (χ1v) is 9.86. The van der Waals surface area contributed by atoms with Crippen molar-refractivity contribution in [3.63, 3.8) is 0 Å². The first-order chi connectivity index (χ1) is 13.9. The smallest absolute Gasteiger partial charge is 0.270 e. The van der Waals surface area contributed by atoms with E-state index in [2.05, 4.69) is 20.9 Å². The number of anilines is 1. The summed E-state index contributed by atoms with van der Waals surface area (Å²) in [5, 5.41) is 10.6. The molecule has 0 saturated carbocycles. The highest BCUT2D eigenvalue weighted by atomic mass is 32.1. The highest BCUT2D eigenvalue weighted by molar-refractivity contribution is 7.14. The molecule has 29 heavy (non-hydrogen) atoms. The molecule has 2 aromatic rings. The van der Waals surface area contributed by atoms with Crippen LogP contribution in [0.5, 0.6) is 17.2 Å². The lowest BCUT2D eigenvalue weighted by Crippen LogP contribution is -2.34. The van der Waals surface area contributed by atoms with E-state index in [-0.39, 0.29) is 17.2 Å². The van der Waals surface area contributed by atoms with Gasteiger partial charge in [-0.05, 0) is 0 Å². The summed E-state index contributed by atoms with van der Waals surface area (Å²) in [6.07, 6.45) is 0. The van der Waals surface area contributed by atoms with Crippen LogP contribution in [0.4, 0.5) is 5.13 Å². The van der Waals surface area contributed by atoms with Crippen molar-refractivity contribution >= 4 is 28.3 Å². The number of aromatic nitrogens is 1. The fraction of sp³-hybridized carbons (Fsp3) is 0.421. The molecule has 10 heteroatoms. The zero-order valence-electron chi connectivity index (χ0n) is 17.1. The zero-order chi connectivity index (χ0) is 21.4. The molecule has 0 fully saturated rings. The number of rotatable bonds is 10. The minimum Gasteiger partial charge on any atom is -0.496 e. The van der Waals surface area contributed by atoms with Crippen molar-refractivity contribution in [2.24, 2.45) is 0 Å². The molecule has 0 radical (unpaired) electrons. The summed E-state index contributed by atoms with van der Waals surface area (Å²) in [6.45, 7) is 5.21. The van der Waals surface area contributed by atoms with Crippen molar-refractivity contribution in [3.8, 4) is 17.2 Å². The Bertz CT molecular complexity index is 853. The van der Waals surface area contributed by atoms with Crippen LogP contribution in [0, 0.1) is 0 Å². The van der Waals surface area contributed by atoms with E-state index in [0.29, 0.717) is 41.5 Å². The highest BCUT2D eigenvalue weighted by Gasteiger charge is 2.19. The molecular weight excluding hydrogens is 396 g/mol. The van der Waals surface area contributed by atoms with Crippen LogP contribution < -0.4 is 30.2 Å². The van der Waals surface area contributed by atoms with E-state index in [1.54, 1.807) is 11.4 Å². The first-order valence-electron chi connectivity index (χ1n) is 8.98. The number of ether oxygens (including phenoxy) is 3. The lowest BCUT2D eigenvalue weighted by molar-refractivity contribution is 0.0947. The number of carbonyl (C=O) groups is 2. The average molecular weight is 423 g/mol. The van der Waals surface area contributed by atoms with Gasteiger partial charge in [0, 0.05) is 36.6 Å². The first kappa shape index (κ1) is 22.4. The summed E-state index contributed by atoms with van der Waals surface area (Å²) in [4.78, 5) is 29.0. The van der Waals surface area contributed by atoms with Crippen molar-refractivity contribution in [2.75, 3.05) is 39.7 Å². The van der Waals surface area contributed by atoms with E-state index in [1.807, 2.05) is 13.8 Å². The van der Waals surface area contributed by atoms with Crippen LogP contribution in [-0.2, 0) is 0 Å². The third-order valence-corrected chi connectivity index (χ3v) is 4.63. The van der Waals surface area contributed by atoms with Crippen LogP contribution in [0.1, 0.15) is 34.7 Å². The summed E-state index contributed by atoms with van der Waals surface area (Å²) < 4.78 is 15.7. The molecule has 1 aromatic heterocycles. The molecule has 0 saturated heterocycles. The molecule has 2 amide bonds. The van der Waals surface area contributed by atoms with Gasteiger partial charge >= 0.3 is 0 Å². The molecule has 0 aliphatic rings. The number of nitrogens with one attached hydrogen (secondary N) is 3. The number of carbonyl (C=O) groups excluding carboxylic acids is 2. The second-order valence-corrected chi connectivity index (χ2v) is 7.12. The monoisotopic (exact) mass is 422 g/mol. The maximum absolute atomic E-state index is 12.7. The molecule has 1 aromatic carbocycles. The minimum absolute atomic E-state index is 0.245. The lowest BCUT2D eigenvalue weighted by Gasteiger charge is -2.13. The van der Waals surface area contributed by atoms with Gasteiger partial charge in [-0.1, -0.05) is 13.8 Å². The Hall–Kier alpha value is -2.85. The number of methoxy groups -OCH3 is 3. The third kappa shape index (κ3) is 6.06. The fourth-order valence-electron chi connectivity index (χ4n) is 2.43. The van der Waals surface area contributed by atoms with Crippen LogP contribution in [0.2, 0.25) is 0 Å². The SMILES string of the molecule is COc1cc(OC)c(C(=O)Nc2nc(C(=O)NCCNC(C)C)cs2)cc1OC. The predicted octanol–water partition coefficient (Wildman–Crippen LogP) is 2.15. The van der Waals surface area contributed by atoms with Gasteiger partial charge in [0.05, 0.1) is 26.9 Å². The standard InChI is InChI=1S/C19H26N4O5S/c1-11(2)20-6-7-21-18(25)13-10-29-19(22-13)23-17(24)12-8-15(27-4)16(28-5)9-14(12)26-3/h8-11,20H,6-7H2,1-5H3,(H,21,25)(H,22,23,24). The van der Waals surface area contributed by atoms with Crippen molar-refractivity contribution < 1.29 is 23.8 Å². The fourth-order valence-corrected chi connectivity index (χ4v) is 3.12. The molecule has 0 bridgehead atoms. The average Bonchev–Trinajstić information content (AvgIpc) is 3.18. The lowest BCUT2D eigenvalue weighted by atomic mass is 10.1. The Kier molecular flexibility index (Phi) is 8.22. The summed E-state index contributed by atoms with van der Waals surface area (Å²) in [5.74, 6) is 0.433. The molecule has 0 atom stereocenters. The summed E-state index contributed by atoms with van der Waals surface area (Å²) in [7, 11) is 4.44. The van der Waals surface area contributed by atoms with Crippen LogP contribution in [-0.4, -0.2) is 57.3 Å². The van der Waals surface area contributed by atoms with E-state index in [1.165, 1.54) is 27.4 Å². The van der Waals surface area contributed by atoms with Gasteiger partial charge in [0.15, 0.2) is 16.6 Å². The van der Waals surface area contributed by atoms with E-state index in [4.69, 9.17) is 14.2 Å². The van der Waals surface area contributed by atoms with Gasteiger partial charge in [0.25, 0.3) is 11.8 Å². The second-order valence-electron chi connectivity index (χ2n) is 6.26. The molecule has 0 unspecified atom stereocenters. The Morgan fingerprint density at radius 1 is 1.00 bits per heavy atom. The Morgan fingerprint density at radius 2 is 1.66 bits per heavy atom. The molecule has 9 nitrogen and oxygen atoms in total. The number of hydrogen-bond acceptors (Lipinski definition) is 8. The molecule has 1 heterocycles. The van der Waals surface area contributed by atoms with Crippen LogP contribution in [0.15, 0.2) is 17.5 Å². The topological polar surface area (TPSA) is 111 Å². The highest BCUT2D eigenvalue weighted by Crippen LogP contribution is 2.35. The van der Waals surface area contributed by atoms with Gasteiger partial charge in [-0.25, -0.2) is 4.98 Å². The number of amides is 2. The predicted molar refractivity (Wildman–Crippen MR) is 112 cm³/mol. The molecule has 158 valence electrons. The molecule has 0 aliphatic carbocycles. The van der Waals surface area contributed by atoms with Gasteiger partial charge in [0.2, 0.25) is 0 Å². The van der Waals surface area contributed by atoms with Gasteiger partial charge < -0.3 is 24.8 Å². The van der Waals surface area contributed by atoms with Gasteiger partial charge in [-0.3, -0.25) is 14.9 Å². The number of nitrogens with zero attached hydrogens (tertiary/aromatic N) is 1. The maximum Gasteiger partial charge on any atom is 0.270 e. The van der Waals surface area contributed by atoms with E-state index in [0.717, 1.165) is 11.3 Å². The maximum atomic E-state index is 12.7. The second kappa shape index (κ2) is 10.6. The van der Waals surface area contributed by atoms with Crippen LogP contribution >= 0.6 is 11.3 Å². The van der Waals surface area contributed by atoms with Crippen molar-refractivity contribution in [1.82, 2.24) is 15.6 Å². The van der Waals surface area contributed by atoms with Gasteiger partial charge in [0.1, 0.15) is 11.4 Å². The Balaban J connectivity index is 2.06. The summed E-state index contributed by atoms with van der Waals surface area (Å²) in [5.41, 5.74) is 0.500. The minimum atomic E-state index is -0.440. The van der Waals surface area contributed by atoms with E-state index in [9.17, 15) is 9.59 Å². The molecular formula is C19H26N4O5S. The van der Waals surface area contributed by atoms with Crippen molar-refractivity contribution in [1.29, 1.82) is 0 Å². The Labute approximate surface area is 173 Å². The van der Waals surface area contributed by atoms with Gasteiger partial charge in [-0.2, -0.15) is 0 Å². The molecule has 2 rings (SSSR count). The summed E-state index contributed by atoms with van der Waals surface area (Å²) >= 11 is 1.16. The normalized spacial score (nSPS) is 10.6. The third-order valence-electron chi connectivity index (χ3n) is 3.87. The van der Waals surface area contributed by atoms with Crippen LogP contribution in [0.25, 0.3) is 0 Å². The van der Waals surface area contributed by atoms with Crippen molar-refractivity contribution in [3.05, 3.63) is 28.8 Å². The Morgan fingerprint density at radius 3 is 2.28 bits per heavy atom. The molecule has 3 N–H and O–H groups in total. The van der Waals surface area contributed by atoms with Gasteiger partial charge in [-0.15, -0.1) is 11.3 Å². The quantitative estimate of drug-likeness (QED) is 0.503.